The van der Waals surface area contributed by atoms with E-state index in [0.29, 0.717) is 19.3 Å². The van der Waals surface area contributed by atoms with Gasteiger partial charge in [0.05, 0.1) is 0 Å². The lowest BCUT2D eigenvalue weighted by Crippen LogP contribution is -2.30. The largest absolute Gasteiger partial charge is 0.462 e. The van der Waals surface area contributed by atoms with Crippen molar-refractivity contribution in [1.82, 2.24) is 0 Å². The molecule has 0 aliphatic heterocycles. The van der Waals surface area contributed by atoms with E-state index in [1.54, 1.807) is 0 Å². The highest BCUT2D eigenvalue weighted by molar-refractivity contribution is 5.71. The Morgan fingerprint density at radius 3 is 0.805 bits per heavy atom. The lowest BCUT2D eigenvalue weighted by atomic mass is 10.0. The molecule has 0 aromatic rings. The van der Waals surface area contributed by atoms with Crippen LogP contribution in [0.5, 0.6) is 0 Å². The molecule has 0 saturated heterocycles. The number of rotatable bonds is 65. The van der Waals surface area contributed by atoms with Gasteiger partial charge in [0.1, 0.15) is 13.2 Å². The zero-order valence-electron chi connectivity index (χ0n) is 54.5. The SMILES string of the molecule is CC/C=C\C/C=C\C/C=C\C/C=C\CCCCCCCCCCCCCCCCCCC(=O)OCC(COC(=O)CCCCCCC/C=C\CCC)OC(=O)CCCCCCCCCCCCCCC/C=C\C/C=C\CCCCCCC. The first-order chi connectivity index (χ1) is 40.5. The highest BCUT2D eigenvalue weighted by atomic mass is 16.6. The maximum Gasteiger partial charge on any atom is 0.306 e. The first-order valence-electron chi connectivity index (χ1n) is 35.6. The Kier molecular flexibility index (Phi) is 67.2. The zero-order chi connectivity index (χ0) is 59.2. The predicted molar refractivity (Wildman–Crippen MR) is 358 cm³/mol. The van der Waals surface area contributed by atoms with Crippen LogP contribution in [-0.2, 0) is 28.6 Å². The average Bonchev–Trinajstić information content (AvgIpc) is 3.48. The van der Waals surface area contributed by atoms with Crippen LogP contribution in [0.2, 0.25) is 0 Å². The van der Waals surface area contributed by atoms with Crippen molar-refractivity contribution in [2.45, 2.75) is 367 Å². The van der Waals surface area contributed by atoms with Crippen molar-refractivity contribution in [3.63, 3.8) is 0 Å². The van der Waals surface area contributed by atoms with E-state index in [0.717, 1.165) is 103 Å². The highest BCUT2D eigenvalue weighted by Gasteiger charge is 2.19. The van der Waals surface area contributed by atoms with E-state index in [1.807, 2.05) is 0 Å². The van der Waals surface area contributed by atoms with E-state index < -0.39 is 6.10 Å². The zero-order valence-corrected chi connectivity index (χ0v) is 54.5. The van der Waals surface area contributed by atoms with Gasteiger partial charge in [-0.25, -0.2) is 0 Å². The molecule has 0 rings (SSSR count). The minimum absolute atomic E-state index is 0.0758. The quantitative estimate of drug-likeness (QED) is 0.0261. The first kappa shape index (κ1) is 78.6. The summed E-state index contributed by atoms with van der Waals surface area (Å²) < 4.78 is 16.9. The van der Waals surface area contributed by atoms with E-state index in [2.05, 4.69) is 106 Å². The molecule has 1 atom stereocenters. The van der Waals surface area contributed by atoms with Gasteiger partial charge in [0.25, 0.3) is 0 Å². The smallest absolute Gasteiger partial charge is 0.306 e. The second-order valence-corrected chi connectivity index (χ2v) is 23.8. The molecule has 0 aromatic heterocycles. The molecule has 0 N–H and O–H groups in total. The molecule has 82 heavy (non-hydrogen) atoms. The van der Waals surface area contributed by atoms with Gasteiger partial charge in [-0.2, -0.15) is 0 Å². The second kappa shape index (κ2) is 70.1. The number of carbonyl (C=O) groups excluding carboxylic acids is 3. The average molecular weight is 1140 g/mol. The molecule has 0 amide bonds. The fourth-order valence-corrected chi connectivity index (χ4v) is 10.3. The maximum atomic E-state index is 12.9. The van der Waals surface area contributed by atoms with Gasteiger partial charge in [-0.15, -0.1) is 0 Å². The van der Waals surface area contributed by atoms with Crippen LogP contribution < -0.4 is 0 Å². The number of unbranched alkanes of at least 4 members (excludes halogenated alkanes) is 40. The monoisotopic (exact) mass is 1140 g/mol. The summed E-state index contributed by atoms with van der Waals surface area (Å²) in [6.45, 7) is 6.49. The summed E-state index contributed by atoms with van der Waals surface area (Å²) in [6, 6.07) is 0. The Balaban J connectivity index is 4.15. The number of hydrogen-bond donors (Lipinski definition) is 0. The van der Waals surface area contributed by atoms with Crippen molar-refractivity contribution < 1.29 is 28.6 Å². The third kappa shape index (κ3) is 67.4. The summed E-state index contributed by atoms with van der Waals surface area (Å²) in [5.74, 6) is -0.870. The molecule has 0 aliphatic carbocycles. The summed E-state index contributed by atoms with van der Waals surface area (Å²) in [6.07, 6.45) is 93.4. The van der Waals surface area contributed by atoms with E-state index in [4.69, 9.17) is 14.2 Å². The number of allylic oxidation sites excluding steroid dienone is 14. The number of esters is 3. The summed E-state index contributed by atoms with van der Waals surface area (Å²) in [5, 5.41) is 0. The van der Waals surface area contributed by atoms with Crippen LogP contribution in [0.3, 0.4) is 0 Å². The van der Waals surface area contributed by atoms with E-state index in [-0.39, 0.29) is 31.1 Å². The summed E-state index contributed by atoms with van der Waals surface area (Å²) in [7, 11) is 0. The molecule has 0 spiro atoms. The molecule has 1 unspecified atom stereocenters. The van der Waals surface area contributed by atoms with E-state index >= 15 is 0 Å². The Morgan fingerprint density at radius 1 is 0.256 bits per heavy atom. The summed E-state index contributed by atoms with van der Waals surface area (Å²) in [5.41, 5.74) is 0. The normalized spacial score (nSPS) is 12.6. The fourth-order valence-electron chi connectivity index (χ4n) is 10.3. The molecule has 0 aliphatic rings. The molecule has 0 heterocycles. The van der Waals surface area contributed by atoms with Crippen LogP contribution in [0.1, 0.15) is 361 Å². The third-order valence-corrected chi connectivity index (χ3v) is 15.6. The number of ether oxygens (including phenoxy) is 3. The molecule has 0 bridgehead atoms. The summed E-state index contributed by atoms with van der Waals surface area (Å²) >= 11 is 0. The Labute approximate surface area is 509 Å². The van der Waals surface area contributed by atoms with Crippen molar-refractivity contribution in [2.75, 3.05) is 13.2 Å². The van der Waals surface area contributed by atoms with Crippen molar-refractivity contribution in [3.8, 4) is 0 Å². The van der Waals surface area contributed by atoms with Crippen molar-refractivity contribution in [3.05, 3.63) is 85.1 Å². The lowest BCUT2D eigenvalue weighted by molar-refractivity contribution is -0.167. The van der Waals surface area contributed by atoms with Gasteiger partial charge in [-0.3, -0.25) is 14.4 Å². The number of carbonyl (C=O) groups is 3. The summed E-state index contributed by atoms with van der Waals surface area (Å²) in [4.78, 5) is 38.3. The van der Waals surface area contributed by atoms with Crippen LogP contribution in [0.4, 0.5) is 0 Å². The van der Waals surface area contributed by atoms with Crippen LogP contribution in [0, 0.1) is 0 Å². The van der Waals surface area contributed by atoms with Crippen molar-refractivity contribution >= 4 is 17.9 Å². The molecule has 474 valence electrons. The molecular weight excluding hydrogens is 1010 g/mol. The van der Waals surface area contributed by atoms with Gasteiger partial charge in [0.2, 0.25) is 0 Å². The van der Waals surface area contributed by atoms with E-state index in [1.165, 1.54) is 218 Å². The Hall–Kier alpha value is -3.41. The fraction of sp³-hybridized carbons (Fsp3) is 0.776. The second-order valence-electron chi connectivity index (χ2n) is 23.8. The van der Waals surface area contributed by atoms with Crippen LogP contribution in [0.15, 0.2) is 85.1 Å². The van der Waals surface area contributed by atoms with Gasteiger partial charge >= 0.3 is 17.9 Å². The van der Waals surface area contributed by atoms with Crippen molar-refractivity contribution in [2.24, 2.45) is 0 Å². The van der Waals surface area contributed by atoms with Gasteiger partial charge < -0.3 is 14.2 Å². The topological polar surface area (TPSA) is 78.9 Å². The molecule has 6 heteroatoms. The van der Waals surface area contributed by atoms with Crippen LogP contribution in [-0.4, -0.2) is 37.2 Å². The molecule has 0 aromatic carbocycles. The minimum Gasteiger partial charge on any atom is -0.462 e. The Morgan fingerprint density at radius 2 is 0.500 bits per heavy atom. The molecular formula is C76H134O6. The minimum atomic E-state index is -0.779. The Bertz CT molecular complexity index is 1550. The molecule has 0 radical (unpaired) electrons. The highest BCUT2D eigenvalue weighted by Crippen LogP contribution is 2.18. The molecule has 6 nitrogen and oxygen atoms in total. The van der Waals surface area contributed by atoms with Gasteiger partial charge in [-0.05, 0) is 109 Å². The molecule has 0 saturated carbocycles. The van der Waals surface area contributed by atoms with Crippen LogP contribution >= 0.6 is 0 Å². The predicted octanol–water partition coefficient (Wildman–Crippen LogP) is 24.6. The standard InChI is InChI=1S/C76H134O6/c1-4-7-10-13-16-19-22-24-26-28-30-32-34-36-37-38-39-41-42-44-46-48-50-52-54-57-60-63-66-69-75(78)81-72-73(71-80-74(77)68-65-62-59-56-21-18-15-12-9-6-3)82-76(79)70-67-64-61-58-55-53-51-49-47-45-43-40-35-33-31-29-27-25-23-20-17-14-11-8-5-2/h7,10,12,15-16,19,23-26,29-32,73H,4-6,8-9,11,13-14,17-18,20-22,27-28,33-72H2,1-3H3/b10-7-,15-12-,19-16-,25-23-,26-24-,31-29-,32-30-. The van der Waals surface area contributed by atoms with Crippen molar-refractivity contribution in [1.29, 1.82) is 0 Å². The third-order valence-electron chi connectivity index (χ3n) is 15.6. The lowest BCUT2D eigenvalue weighted by Gasteiger charge is -2.18. The van der Waals surface area contributed by atoms with Gasteiger partial charge in [0, 0.05) is 19.3 Å². The maximum absolute atomic E-state index is 12.9. The van der Waals surface area contributed by atoms with E-state index in [9.17, 15) is 14.4 Å². The van der Waals surface area contributed by atoms with Gasteiger partial charge in [-0.1, -0.05) is 318 Å². The van der Waals surface area contributed by atoms with Gasteiger partial charge in [0.15, 0.2) is 6.10 Å². The first-order valence-corrected chi connectivity index (χ1v) is 35.6. The van der Waals surface area contributed by atoms with Crippen LogP contribution in [0.25, 0.3) is 0 Å². The molecule has 0 fully saturated rings. The number of hydrogen-bond acceptors (Lipinski definition) is 6.